The number of rotatable bonds is 0. The SMILES string of the molecule is Cc1ccc2c(c1)C(C)Oc1cc(cnc1N)-c1c(nn(C)c1C#N)Cc1cccnc1-2. The Morgan fingerprint density at radius 2 is 2.06 bits per heavy atom. The summed E-state index contributed by atoms with van der Waals surface area (Å²) in [6, 6.07) is 14.4. The van der Waals surface area contributed by atoms with Crippen LogP contribution >= 0.6 is 0 Å². The van der Waals surface area contributed by atoms with E-state index in [1.807, 2.05) is 19.1 Å². The molecule has 4 heterocycles. The van der Waals surface area contributed by atoms with Gasteiger partial charge in [-0.25, -0.2) is 4.98 Å². The smallest absolute Gasteiger partial charge is 0.166 e. The first-order chi connectivity index (χ1) is 15.5. The number of nitrogens with two attached hydrogens (primary N) is 1. The van der Waals surface area contributed by atoms with Crippen LogP contribution in [0.15, 0.2) is 48.8 Å². The highest BCUT2D eigenvalue weighted by molar-refractivity contribution is 5.75. The van der Waals surface area contributed by atoms with Gasteiger partial charge in [0.2, 0.25) is 0 Å². The molecule has 1 unspecified atom stereocenters. The van der Waals surface area contributed by atoms with E-state index in [0.29, 0.717) is 23.7 Å². The van der Waals surface area contributed by atoms with E-state index in [-0.39, 0.29) is 6.10 Å². The Balaban J connectivity index is 1.84. The number of nitrogens with zero attached hydrogens (tertiary/aromatic N) is 5. The van der Waals surface area contributed by atoms with Gasteiger partial charge in [-0.15, -0.1) is 0 Å². The second-order valence-corrected chi connectivity index (χ2v) is 8.05. The van der Waals surface area contributed by atoms with Crippen molar-refractivity contribution in [1.82, 2.24) is 19.7 Å². The topological polar surface area (TPSA) is 103 Å². The lowest BCUT2D eigenvalue weighted by atomic mass is 9.92. The number of ether oxygens (including phenoxy) is 1. The van der Waals surface area contributed by atoms with Crippen LogP contribution in [0.2, 0.25) is 0 Å². The lowest BCUT2D eigenvalue weighted by Gasteiger charge is -2.22. The Hall–Kier alpha value is -4.18. The third-order valence-corrected chi connectivity index (χ3v) is 5.85. The number of aromatic nitrogens is 4. The molecule has 0 amide bonds. The van der Waals surface area contributed by atoms with Crippen molar-refractivity contribution in [3.63, 3.8) is 0 Å². The summed E-state index contributed by atoms with van der Waals surface area (Å²) >= 11 is 0. The molecule has 1 aliphatic heterocycles. The number of pyridine rings is 2. The number of aryl methyl sites for hydroxylation is 2. The molecule has 0 spiro atoms. The van der Waals surface area contributed by atoms with E-state index in [0.717, 1.165) is 44.8 Å². The molecule has 5 rings (SSSR count). The van der Waals surface area contributed by atoms with Crippen LogP contribution < -0.4 is 10.5 Å². The molecule has 7 nitrogen and oxygen atoms in total. The first-order valence-electron chi connectivity index (χ1n) is 10.4. The third kappa shape index (κ3) is 3.17. The summed E-state index contributed by atoms with van der Waals surface area (Å²) in [5.74, 6) is 0.775. The lowest BCUT2D eigenvalue weighted by molar-refractivity contribution is 0.228. The summed E-state index contributed by atoms with van der Waals surface area (Å²) in [5.41, 5.74) is 13.9. The Labute approximate surface area is 186 Å². The van der Waals surface area contributed by atoms with Gasteiger partial charge in [0.1, 0.15) is 17.9 Å². The molecule has 0 saturated heterocycles. The molecule has 32 heavy (non-hydrogen) atoms. The normalized spacial score (nSPS) is 14.6. The number of hydrogen-bond donors (Lipinski definition) is 1. The van der Waals surface area contributed by atoms with Crippen molar-refractivity contribution in [2.75, 3.05) is 5.73 Å². The molecule has 1 aromatic carbocycles. The molecular formula is C25H22N6O. The van der Waals surface area contributed by atoms with Crippen molar-refractivity contribution in [1.29, 1.82) is 5.26 Å². The summed E-state index contributed by atoms with van der Waals surface area (Å²) in [4.78, 5) is 9.09. The minimum absolute atomic E-state index is 0.290. The number of fused-ring (bicyclic) bond motifs is 7. The standard InChI is InChI=1S/C25H22N6O/c1-14-6-7-18-19(9-14)15(2)32-22-11-17(13-29-25(22)27)23-20(30-31(3)21(23)12-26)10-16-5-4-8-28-24(16)18/h4-9,11,13,15H,10H2,1-3H3,(H2,27,29). The number of anilines is 1. The van der Waals surface area contributed by atoms with Crippen molar-refractivity contribution < 1.29 is 4.74 Å². The van der Waals surface area contributed by atoms with Crippen molar-refractivity contribution >= 4 is 5.82 Å². The molecule has 1 atom stereocenters. The molecular weight excluding hydrogens is 400 g/mol. The summed E-state index contributed by atoms with van der Waals surface area (Å²) < 4.78 is 7.93. The maximum absolute atomic E-state index is 9.83. The van der Waals surface area contributed by atoms with Crippen molar-refractivity contribution in [2.45, 2.75) is 26.4 Å². The van der Waals surface area contributed by atoms with Gasteiger partial charge >= 0.3 is 0 Å². The molecule has 0 fully saturated rings. The molecule has 2 bridgehead atoms. The van der Waals surface area contributed by atoms with E-state index < -0.39 is 0 Å². The first-order valence-corrected chi connectivity index (χ1v) is 10.4. The van der Waals surface area contributed by atoms with Gasteiger partial charge in [-0.3, -0.25) is 9.67 Å². The Morgan fingerprint density at radius 3 is 2.88 bits per heavy atom. The Bertz CT molecular complexity index is 1400. The number of nitrogen functional groups attached to an aromatic ring is 1. The van der Waals surface area contributed by atoms with Gasteiger partial charge in [0, 0.05) is 48.1 Å². The Morgan fingerprint density at radius 1 is 1.22 bits per heavy atom. The summed E-state index contributed by atoms with van der Waals surface area (Å²) in [7, 11) is 1.77. The van der Waals surface area contributed by atoms with E-state index in [1.54, 1.807) is 24.1 Å². The van der Waals surface area contributed by atoms with Crippen LogP contribution in [0, 0.1) is 18.3 Å². The van der Waals surface area contributed by atoms with Gasteiger partial charge in [-0.05, 0) is 31.5 Å². The minimum Gasteiger partial charge on any atom is -0.482 e. The Kier molecular flexibility index (Phi) is 4.63. The van der Waals surface area contributed by atoms with Crippen LogP contribution in [0.25, 0.3) is 22.4 Å². The van der Waals surface area contributed by atoms with Crippen LogP contribution in [0.3, 0.4) is 0 Å². The highest BCUT2D eigenvalue weighted by Crippen LogP contribution is 2.38. The van der Waals surface area contributed by atoms with Crippen molar-refractivity contribution in [3.05, 3.63) is 76.9 Å². The van der Waals surface area contributed by atoms with Crippen LogP contribution in [0.4, 0.5) is 5.82 Å². The zero-order valence-electron chi connectivity index (χ0n) is 18.1. The van der Waals surface area contributed by atoms with E-state index in [2.05, 4.69) is 47.3 Å². The first kappa shape index (κ1) is 19.8. The number of hydrogen-bond acceptors (Lipinski definition) is 6. The second-order valence-electron chi connectivity index (χ2n) is 8.05. The fraction of sp³-hybridized carbons (Fsp3) is 0.200. The predicted octanol–water partition coefficient (Wildman–Crippen LogP) is 4.35. The van der Waals surface area contributed by atoms with Crippen molar-refractivity contribution in [2.24, 2.45) is 7.05 Å². The summed E-state index contributed by atoms with van der Waals surface area (Å²) in [5, 5.41) is 14.5. The fourth-order valence-corrected chi connectivity index (χ4v) is 4.31. The number of nitriles is 1. The average molecular weight is 422 g/mol. The molecule has 3 aromatic heterocycles. The van der Waals surface area contributed by atoms with Gasteiger partial charge in [0.25, 0.3) is 0 Å². The third-order valence-electron chi connectivity index (χ3n) is 5.85. The molecule has 158 valence electrons. The molecule has 1 aliphatic rings. The predicted molar refractivity (Wildman–Crippen MR) is 122 cm³/mol. The maximum atomic E-state index is 9.83. The fourth-order valence-electron chi connectivity index (χ4n) is 4.31. The van der Waals surface area contributed by atoms with E-state index in [9.17, 15) is 5.26 Å². The molecule has 2 N–H and O–H groups in total. The minimum atomic E-state index is -0.290. The quantitative estimate of drug-likeness (QED) is 0.452. The van der Waals surface area contributed by atoms with Gasteiger partial charge < -0.3 is 10.5 Å². The molecule has 0 radical (unpaired) electrons. The van der Waals surface area contributed by atoms with Crippen LogP contribution in [-0.4, -0.2) is 19.7 Å². The molecule has 0 saturated carbocycles. The summed E-state index contributed by atoms with van der Waals surface area (Å²) in [6.07, 6.45) is 3.70. The largest absolute Gasteiger partial charge is 0.482 e. The van der Waals surface area contributed by atoms with E-state index >= 15 is 0 Å². The van der Waals surface area contributed by atoms with Gasteiger partial charge in [-0.2, -0.15) is 10.4 Å². The average Bonchev–Trinajstić information content (AvgIpc) is 3.09. The molecule has 4 aromatic rings. The maximum Gasteiger partial charge on any atom is 0.166 e. The highest BCUT2D eigenvalue weighted by atomic mass is 16.5. The van der Waals surface area contributed by atoms with Crippen LogP contribution in [0.1, 0.15) is 41.1 Å². The van der Waals surface area contributed by atoms with E-state index in [1.165, 1.54) is 0 Å². The van der Waals surface area contributed by atoms with Gasteiger partial charge in [0.15, 0.2) is 11.6 Å². The molecule has 0 aliphatic carbocycles. The van der Waals surface area contributed by atoms with Gasteiger partial charge in [0.05, 0.1) is 11.4 Å². The number of benzene rings is 1. The zero-order chi connectivity index (χ0) is 22.4. The van der Waals surface area contributed by atoms with Crippen LogP contribution in [-0.2, 0) is 13.5 Å². The zero-order valence-corrected chi connectivity index (χ0v) is 18.1. The highest BCUT2D eigenvalue weighted by Gasteiger charge is 2.24. The lowest BCUT2D eigenvalue weighted by Crippen LogP contribution is -2.09. The molecule has 7 heteroatoms. The van der Waals surface area contributed by atoms with Crippen molar-refractivity contribution in [3.8, 4) is 34.2 Å². The van der Waals surface area contributed by atoms with E-state index in [4.69, 9.17) is 15.5 Å². The van der Waals surface area contributed by atoms with Gasteiger partial charge in [-0.1, -0.05) is 29.8 Å². The second kappa shape index (κ2) is 7.50. The monoisotopic (exact) mass is 422 g/mol. The van der Waals surface area contributed by atoms with Crippen LogP contribution in [0.5, 0.6) is 5.75 Å². The summed E-state index contributed by atoms with van der Waals surface area (Å²) in [6.45, 7) is 4.05.